The fourth-order valence-electron chi connectivity index (χ4n) is 2.42. The molecule has 0 saturated heterocycles. The molecule has 1 heterocycles. The van der Waals surface area contributed by atoms with Gasteiger partial charge in [0.25, 0.3) is 0 Å². The SMILES string of the molecule is CCNC(=O)NC1CCC(Oc2ccc(C)cn2)CC1. The predicted molar refractivity (Wildman–Crippen MR) is 77.9 cm³/mol. The molecule has 0 aliphatic heterocycles. The largest absolute Gasteiger partial charge is 0.474 e. The van der Waals surface area contributed by atoms with Gasteiger partial charge in [-0.15, -0.1) is 0 Å². The number of amides is 2. The van der Waals surface area contributed by atoms with E-state index in [0.29, 0.717) is 12.4 Å². The summed E-state index contributed by atoms with van der Waals surface area (Å²) < 4.78 is 5.87. The maximum atomic E-state index is 11.5. The van der Waals surface area contributed by atoms with Crippen LogP contribution in [0.4, 0.5) is 4.79 Å². The minimum Gasteiger partial charge on any atom is -0.474 e. The Kier molecular flexibility index (Phi) is 5.21. The highest BCUT2D eigenvalue weighted by molar-refractivity contribution is 5.74. The molecule has 0 aromatic carbocycles. The Bertz CT molecular complexity index is 425. The van der Waals surface area contributed by atoms with Crippen LogP contribution in [0.25, 0.3) is 0 Å². The fraction of sp³-hybridized carbons (Fsp3) is 0.600. The van der Waals surface area contributed by atoms with E-state index in [1.807, 2.05) is 32.2 Å². The van der Waals surface area contributed by atoms with Crippen molar-refractivity contribution in [2.75, 3.05) is 6.54 Å². The van der Waals surface area contributed by atoms with Crippen LogP contribution >= 0.6 is 0 Å². The van der Waals surface area contributed by atoms with Crippen LogP contribution in [-0.2, 0) is 0 Å². The number of aryl methyl sites for hydroxylation is 1. The number of nitrogens with one attached hydrogen (secondary N) is 2. The van der Waals surface area contributed by atoms with Gasteiger partial charge >= 0.3 is 6.03 Å². The summed E-state index contributed by atoms with van der Waals surface area (Å²) in [4.78, 5) is 15.7. The molecule has 1 aliphatic carbocycles. The van der Waals surface area contributed by atoms with E-state index in [-0.39, 0.29) is 18.2 Å². The van der Waals surface area contributed by atoms with Crippen molar-refractivity contribution in [2.24, 2.45) is 0 Å². The van der Waals surface area contributed by atoms with Crippen molar-refractivity contribution in [1.29, 1.82) is 0 Å². The molecule has 1 aliphatic rings. The summed E-state index contributed by atoms with van der Waals surface area (Å²) in [7, 11) is 0. The molecule has 0 bridgehead atoms. The Labute approximate surface area is 120 Å². The number of ether oxygens (including phenoxy) is 1. The molecule has 5 nitrogen and oxygen atoms in total. The first kappa shape index (κ1) is 14.6. The predicted octanol–water partition coefficient (Wildman–Crippen LogP) is 2.40. The van der Waals surface area contributed by atoms with Gasteiger partial charge in [-0.25, -0.2) is 9.78 Å². The Morgan fingerprint density at radius 3 is 2.70 bits per heavy atom. The second kappa shape index (κ2) is 7.12. The summed E-state index contributed by atoms with van der Waals surface area (Å²) in [5.41, 5.74) is 1.13. The Hall–Kier alpha value is -1.78. The van der Waals surface area contributed by atoms with Crippen molar-refractivity contribution in [2.45, 2.75) is 51.7 Å². The van der Waals surface area contributed by atoms with Crippen molar-refractivity contribution in [1.82, 2.24) is 15.6 Å². The molecule has 2 N–H and O–H groups in total. The summed E-state index contributed by atoms with van der Waals surface area (Å²) in [5.74, 6) is 0.690. The zero-order valence-corrected chi connectivity index (χ0v) is 12.2. The maximum Gasteiger partial charge on any atom is 0.314 e. The first-order chi connectivity index (χ1) is 9.67. The van der Waals surface area contributed by atoms with Gasteiger partial charge in [-0.3, -0.25) is 0 Å². The lowest BCUT2D eigenvalue weighted by Gasteiger charge is -2.29. The number of carbonyl (C=O) groups excluding carboxylic acids is 1. The van der Waals surface area contributed by atoms with Gasteiger partial charge < -0.3 is 15.4 Å². The van der Waals surface area contributed by atoms with Crippen molar-refractivity contribution >= 4 is 6.03 Å². The van der Waals surface area contributed by atoms with E-state index in [1.165, 1.54) is 0 Å². The Balaban J connectivity index is 1.74. The number of hydrogen-bond acceptors (Lipinski definition) is 3. The third-order valence-corrected chi connectivity index (χ3v) is 3.52. The number of carbonyl (C=O) groups is 1. The van der Waals surface area contributed by atoms with Crippen LogP contribution in [0.3, 0.4) is 0 Å². The van der Waals surface area contributed by atoms with Gasteiger partial charge in [-0.05, 0) is 45.1 Å². The molecule has 110 valence electrons. The summed E-state index contributed by atoms with van der Waals surface area (Å²) in [6.07, 6.45) is 5.83. The van der Waals surface area contributed by atoms with Crippen LogP contribution in [0.1, 0.15) is 38.2 Å². The average molecular weight is 277 g/mol. The monoisotopic (exact) mass is 277 g/mol. The number of aromatic nitrogens is 1. The molecular weight excluding hydrogens is 254 g/mol. The van der Waals surface area contributed by atoms with E-state index >= 15 is 0 Å². The second-order valence-corrected chi connectivity index (χ2v) is 5.27. The molecule has 2 amide bonds. The van der Waals surface area contributed by atoms with Crippen LogP contribution in [0, 0.1) is 6.92 Å². The quantitative estimate of drug-likeness (QED) is 0.888. The highest BCUT2D eigenvalue weighted by Gasteiger charge is 2.23. The summed E-state index contributed by atoms with van der Waals surface area (Å²) in [5, 5.41) is 5.75. The molecule has 2 rings (SSSR count). The number of pyridine rings is 1. The first-order valence-corrected chi connectivity index (χ1v) is 7.31. The highest BCUT2D eigenvalue weighted by atomic mass is 16.5. The Morgan fingerprint density at radius 2 is 2.10 bits per heavy atom. The standard InChI is InChI=1S/C15H23N3O2/c1-3-16-15(19)18-12-5-7-13(8-6-12)20-14-9-4-11(2)10-17-14/h4,9-10,12-13H,3,5-8H2,1-2H3,(H2,16,18,19). The molecule has 5 heteroatoms. The van der Waals surface area contributed by atoms with E-state index in [4.69, 9.17) is 4.74 Å². The average Bonchev–Trinajstić information content (AvgIpc) is 2.44. The first-order valence-electron chi connectivity index (χ1n) is 7.31. The van der Waals surface area contributed by atoms with Gasteiger partial charge in [0, 0.05) is 24.8 Å². The zero-order chi connectivity index (χ0) is 14.4. The molecule has 0 atom stereocenters. The van der Waals surface area contributed by atoms with Crippen molar-refractivity contribution < 1.29 is 9.53 Å². The molecular formula is C15H23N3O2. The lowest BCUT2D eigenvalue weighted by Crippen LogP contribution is -2.44. The van der Waals surface area contributed by atoms with E-state index in [1.54, 1.807) is 0 Å². The molecule has 0 unspecified atom stereocenters. The maximum absolute atomic E-state index is 11.5. The van der Waals surface area contributed by atoms with Crippen LogP contribution in [0.2, 0.25) is 0 Å². The molecule has 1 saturated carbocycles. The van der Waals surface area contributed by atoms with Crippen LogP contribution in [0.5, 0.6) is 5.88 Å². The van der Waals surface area contributed by atoms with Gasteiger partial charge in [0.15, 0.2) is 0 Å². The van der Waals surface area contributed by atoms with Crippen molar-refractivity contribution in [3.8, 4) is 5.88 Å². The van der Waals surface area contributed by atoms with Gasteiger partial charge in [-0.1, -0.05) is 6.07 Å². The molecule has 0 radical (unpaired) electrons. The van der Waals surface area contributed by atoms with Gasteiger partial charge in [0.2, 0.25) is 5.88 Å². The smallest absolute Gasteiger partial charge is 0.314 e. The summed E-state index contributed by atoms with van der Waals surface area (Å²) in [6.45, 7) is 4.58. The van der Waals surface area contributed by atoms with E-state index in [2.05, 4.69) is 15.6 Å². The number of rotatable bonds is 4. The highest BCUT2D eigenvalue weighted by Crippen LogP contribution is 2.22. The third-order valence-electron chi connectivity index (χ3n) is 3.52. The van der Waals surface area contributed by atoms with E-state index in [0.717, 1.165) is 31.2 Å². The number of hydrogen-bond donors (Lipinski definition) is 2. The third kappa shape index (κ3) is 4.40. The number of urea groups is 1. The lowest BCUT2D eigenvalue weighted by molar-refractivity contribution is 0.135. The topological polar surface area (TPSA) is 63.2 Å². The fourth-order valence-corrected chi connectivity index (χ4v) is 2.42. The van der Waals surface area contributed by atoms with Crippen molar-refractivity contribution in [3.05, 3.63) is 23.9 Å². The number of nitrogens with zero attached hydrogens (tertiary/aromatic N) is 1. The minimum atomic E-state index is -0.0722. The van der Waals surface area contributed by atoms with E-state index < -0.39 is 0 Å². The van der Waals surface area contributed by atoms with E-state index in [9.17, 15) is 4.79 Å². The normalized spacial score (nSPS) is 22.1. The van der Waals surface area contributed by atoms with Crippen molar-refractivity contribution in [3.63, 3.8) is 0 Å². The lowest BCUT2D eigenvalue weighted by atomic mass is 9.93. The molecule has 1 aromatic rings. The zero-order valence-electron chi connectivity index (χ0n) is 12.2. The van der Waals surface area contributed by atoms with Gasteiger partial charge in [0.1, 0.15) is 6.10 Å². The van der Waals surface area contributed by atoms with Gasteiger partial charge in [0.05, 0.1) is 0 Å². The summed E-state index contributed by atoms with van der Waals surface area (Å²) in [6, 6.07) is 4.10. The van der Waals surface area contributed by atoms with Gasteiger partial charge in [-0.2, -0.15) is 0 Å². The molecule has 0 spiro atoms. The minimum absolute atomic E-state index is 0.0722. The van der Waals surface area contributed by atoms with Crippen LogP contribution in [0.15, 0.2) is 18.3 Å². The summed E-state index contributed by atoms with van der Waals surface area (Å²) >= 11 is 0. The van der Waals surface area contributed by atoms with Crippen LogP contribution < -0.4 is 15.4 Å². The molecule has 1 aromatic heterocycles. The second-order valence-electron chi connectivity index (χ2n) is 5.27. The Morgan fingerprint density at radius 1 is 1.35 bits per heavy atom. The van der Waals surface area contributed by atoms with Crippen LogP contribution in [-0.4, -0.2) is 29.7 Å². The molecule has 1 fully saturated rings. The molecule has 20 heavy (non-hydrogen) atoms.